The number of piperidine rings is 1. The van der Waals surface area contributed by atoms with Crippen LogP contribution in [-0.4, -0.2) is 28.8 Å². The van der Waals surface area contributed by atoms with Crippen LogP contribution in [0.15, 0.2) is 24.3 Å². The number of aromatic amines is 1. The van der Waals surface area contributed by atoms with Crippen LogP contribution in [0.5, 0.6) is 0 Å². The van der Waals surface area contributed by atoms with Crippen LogP contribution in [0.4, 0.5) is 0 Å². The van der Waals surface area contributed by atoms with Gasteiger partial charge < -0.3 is 4.98 Å². The predicted octanol–water partition coefficient (Wildman–Crippen LogP) is 6.14. The van der Waals surface area contributed by atoms with Gasteiger partial charge in [0.2, 0.25) is 0 Å². The number of rotatable bonds is 1. The van der Waals surface area contributed by atoms with Gasteiger partial charge in [-0.1, -0.05) is 59.7 Å². The Morgan fingerprint density at radius 3 is 2.35 bits per heavy atom. The summed E-state index contributed by atoms with van der Waals surface area (Å²) in [5.41, 5.74) is 3.96. The molecule has 1 fully saturated rings. The summed E-state index contributed by atoms with van der Waals surface area (Å²) in [6, 6.07) is 8.80. The van der Waals surface area contributed by atoms with Crippen molar-refractivity contribution in [3.8, 4) is 0 Å². The van der Waals surface area contributed by atoms with E-state index in [4.69, 9.17) is 0 Å². The van der Waals surface area contributed by atoms with E-state index < -0.39 is 0 Å². The number of ketones is 1. The van der Waals surface area contributed by atoms with Crippen LogP contribution >= 0.6 is 0 Å². The Balaban J connectivity index is 0.000000515. The SMILES string of the molecule is CC.CC.CC.CC(=O)C1CCCN2CCc3c([nH]c4ccccc34)C12. The van der Waals surface area contributed by atoms with E-state index in [9.17, 15) is 4.79 Å². The minimum absolute atomic E-state index is 0.163. The van der Waals surface area contributed by atoms with Crippen molar-refractivity contribution in [1.82, 2.24) is 9.88 Å². The van der Waals surface area contributed by atoms with Gasteiger partial charge in [-0.05, 0) is 44.4 Å². The van der Waals surface area contributed by atoms with Gasteiger partial charge in [-0.3, -0.25) is 9.69 Å². The molecule has 0 amide bonds. The number of fused-ring (bicyclic) bond motifs is 5. The zero-order chi connectivity index (χ0) is 19.7. The second-order valence-electron chi connectivity index (χ2n) is 6.15. The van der Waals surface area contributed by atoms with E-state index in [1.165, 1.54) is 22.2 Å². The zero-order valence-corrected chi connectivity index (χ0v) is 17.9. The molecule has 0 aliphatic carbocycles. The first-order chi connectivity index (χ1) is 12.8. The van der Waals surface area contributed by atoms with Crippen LogP contribution in [0.2, 0.25) is 0 Å². The third-order valence-corrected chi connectivity index (χ3v) is 5.05. The predicted molar refractivity (Wildman–Crippen MR) is 114 cm³/mol. The quantitative estimate of drug-likeness (QED) is 0.664. The van der Waals surface area contributed by atoms with Crippen molar-refractivity contribution in [3.63, 3.8) is 0 Å². The molecule has 1 aromatic carbocycles. The molecule has 146 valence electrons. The van der Waals surface area contributed by atoms with Crippen molar-refractivity contribution in [2.24, 2.45) is 5.92 Å². The Labute approximate surface area is 160 Å². The third kappa shape index (κ3) is 4.37. The lowest BCUT2D eigenvalue weighted by molar-refractivity contribution is -0.125. The number of carbonyl (C=O) groups excluding carboxylic acids is 1. The molecule has 3 heterocycles. The highest BCUT2D eigenvalue weighted by Crippen LogP contribution is 2.42. The summed E-state index contributed by atoms with van der Waals surface area (Å²) >= 11 is 0. The first kappa shape index (κ1) is 22.4. The van der Waals surface area contributed by atoms with Gasteiger partial charge in [0.25, 0.3) is 0 Å². The number of nitrogens with zero attached hydrogens (tertiary/aromatic N) is 1. The molecule has 2 aliphatic rings. The lowest BCUT2D eigenvalue weighted by Gasteiger charge is -2.43. The molecule has 0 spiro atoms. The van der Waals surface area contributed by atoms with Crippen LogP contribution in [0.1, 0.15) is 78.6 Å². The van der Waals surface area contributed by atoms with Crippen molar-refractivity contribution in [3.05, 3.63) is 35.5 Å². The smallest absolute Gasteiger partial charge is 0.134 e. The summed E-state index contributed by atoms with van der Waals surface area (Å²) in [4.78, 5) is 18.2. The van der Waals surface area contributed by atoms with Crippen LogP contribution in [0.3, 0.4) is 0 Å². The van der Waals surface area contributed by atoms with Gasteiger partial charge in [-0.15, -0.1) is 0 Å². The van der Waals surface area contributed by atoms with Gasteiger partial charge in [0, 0.05) is 29.1 Å². The summed E-state index contributed by atoms with van der Waals surface area (Å²) < 4.78 is 0. The molecule has 1 N–H and O–H groups in total. The van der Waals surface area contributed by atoms with Crippen LogP contribution in [-0.2, 0) is 11.2 Å². The molecule has 0 bridgehead atoms. The number of nitrogens with one attached hydrogen (secondary N) is 1. The maximum Gasteiger partial charge on any atom is 0.134 e. The Kier molecular flexibility index (Phi) is 9.64. The van der Waals surface area contributed by atoms with Gasteiger partial charge in [-0.25, -0.2) is 0 Å². The normalized spacial score (nSPS) is 20.9. The summed E-state index contributed by atoms with van der Waals surface area (Å²) in [6.07, 6.45) is 3.28. The fourth-order valence-electron chi connectivity index (χ4n) is 4.12. The van der Waals surface area contributed by atoms with E-state index >= 15 is 0 Å². The van der Waals surface area contributed by atoms with E-state index in [-0.39, 0.29) is 12.0 Å². The summed E-state index contributed by atoms with van der Waals surface area (Å²) in [6.45, 7) is 16.0. The molecular formula is C23H38N2O. The van der Waals surface area contributed by atoms with Crippen LogP contribution < -0.4 is 0 Å². The maximum absolute atomic E-state index is 12.0. The second-order valence-corrected chi connectivity index (χ2v) is 6.15. The zero-order valence-electron chi connectivity index (χ0n) is 17.9. The Hall–Kier alpha value is -1.61. The van der Waals surface area contributed by atoms with Gasteiger partial charge in [0.1, 0.15) is 5.78 Å². The topological polar surface area (TPSA) is 36.1 Å². The largest absolute Gasteiger partial charge is 0.357 e. The number of hydrogen-bond acceptors (Lipinski definition) is 2. The van der Waals surface area contributed by atoms with Gasteiger partial charge in [0.05, 0.1) is 6.04 Å². The van der Waals surface area contributed by atoms with Crippen molar-refractivity contribution >= 4 is 16.7 Å². The minimum atomic E-state index is 0.163. The first-order valence-electron chi connectivity index (χ1n) is 10.6. The highest BCUT2D eigenvalue weighted by molar-refractivity contribution is 5.86. The van der Waals surface area contributed by atoms with Crippen LogP contribution in [0, 0.1) is 5.92 Å². The van der Waals surface area contributed by atoms with Gasteiger partial charge in [-0.2, -0.15) is 0 Å². The molecule has 2 unspecified atom stereocenters. The average molecular weight is 359 g/mol. The summed E-state index contributed by atoms with van der Waals surface area (Å²) in [5, 5.41) is 1.34. The standard InChI is InChI=1S/C17H20N2O.3C2H6/c1-11(20)12-6-4-9-19-10-8-14-13-5-2-3-7-15(13)18-16(14)17(12)19;3*1-2/h2-3,5,7,12,17-18H,4,6,8-10H2,1H3;3*1-2H3. The Morgan fingerprint density at radius 1 is 1.04 bits per heavy atom. The van der Waals surface area contributed by atoms with Gasteiger partial charge >= 0.3 is 0 Å². The molecule has 3 nitrogen and oxygen atoms in total. The van der Waals surface area contributed by atoms with E-state index in [1.54, 1.807) is 6.92 Å². The van der Waals surface area contributed by atoms with Crippen LogP contribution in [0.25, 0.3) is 10.9 Å². The van der Waals surface area contributed by atoms with E-state index in [1.807, 2.05) is 41.5 Å². The number of benzene rings is 1. The highest BCUT2D eigenvalue weighted by Gasteiger charge is 2.39. The lowest BCUT2D eigenvalue weighted by atomic mass is 9.80. The molecule has 0 radical (unpaired) electrons. The summed E-state index contributed by atoms with van der Waals surface area (Å²) in [5.74, 6) is 0.502. The van der Waals surface area contributed by atoms with Crippen molar-refractivity contribution in [2.45, 2.75) is 73.8 Å². The molecule has 1 saturated heterocycles. The number of hydrogen-bond donors (Lipinski definition) is 1. The number of para-hydroxylation sites is 1. The Bertz CT molecular complexity index is 674. The molecule has 0 saturated carbocycles. The van der Waals surface area contributed by atoms with Crippen molar-refractivity contribution < 1.29 is 4.79 Å². The second kappa shape index (κ2) is 11.2. The average Bonchev–Trinajstić information content (AvgIpc) is 3.11. The van der Waals surface area contributed by atoms with E-state index in [0.29, 0.717) is 5.78 Å². The van der Waals surface area contributed by atoms with E-state index in [2.05, 4.69) is 34.1 Å². The molecule has 4 rings (SSSR count). The van der Waals surface area contributed by atoms with Crippen molar-refractivity contribution in [2.75, 3.05) is 13.1 Å². The fourth-order valence-corrected chi connectivity index (χ4v) is 4.12. The number of Topliss-reactive ketones (excluding diaryl/α,β-unsaturated/α-hetero) is 1. The lowest BCUT2D eigenvalue weighted by Crippen LogP contribution is -2.45. The van der Waals surface area contributed by atoms with Crippen molar-refractivity contribution in [1.29, 1.82) is 0 Å². The van der Waals surface area contributed by atoms with E-state index in [0.717, 1.165) is 32.4 Å². The molecule has 1 aromatic heterocycles. The van der Waals surface area contributed by atoms with Gasteiger partial charge in [0.15, 0.2) is 0 Å². The minimum Gasteiger partial charge on any atom is -0.357 e. The monoisotopic (exact) mass is 358 g/mol. The molecule has 3 heteroatoms. The fraction of sp³-hybridized carbons (Fsp3) is 0.609. The molecule has 26 heavy (non-hydrogen) atoms. The first-order valence-corrected chi connectivity index (χ1v) is 10.6. The Morgan fingerprint density at radius 2 is 1.69 bits per heavy atom. The highest BCUT2D eigenvalue weighted by atomic mass is 16.1. The number of H-pyrrole nitrogens is 1. The third-order valence-electron chi connectivity index (χ3n) is 5.05. The molecule has 2 aliphatic heterocycles. The molecule has 2 atom stereocenters. The molecule has 2 aromatic rings. The maximum atomic E-state index is 12.0. The number of carbonyl (C=O) groups is 1. The molecular weight excluding hydrogens is 320 g/mol. The number of aromatic nitrogens is 1. The summed E-state index contributed by atoms with van der Waals surface area (Å²) in [7, 11) is 0.